The van der Waals surface area contributed by atoms with Crippen LogP contribution in [0.15, 0.2) is 48.8 Å². The van der Waals surface area contributed by atoms with Gasteiger partial charge in [-0.05, 0) is 87.3 Å². The van der Waals surface area contributed by atoms with Gasteiger partial charge in [-0.25, -0.2) is 22.0 Å². The second-order valence-corrected chi connectivity index (χ2v) is 8.54. The molecular weight excluding hydrogens is 419 g/mol. The first-order chi connectivity index (χ1) is 15.4. The molecule has 2 aromatic carbocycles. The smallest absolute Gasteiger partial charge is 0.169 e. The number of halogens is 5. The highest BCUT2D eigenvalue weighted by atomic mass is 19.2. The molecule has 2 aromatic rings. The zero-order valence-corrected chi connectivity index (χ0v) is 18.4. The van der Waals surface area contributed by atoms with Crippen molar-refractivity contribution >= 4 is 16.6 Å². The van der Waals surface area contributed by atoms with Gasteiger partial charge in [-0.3, -0.25) is 0 Å². The summed E-state index contributed by atoms with van der Waals surface area (Å²) < 4.78 is 73.9. The Morgan fingerprint density at radius 1 is 1.00 bits per heavy atom. The lowest BCUT2D eigenvalue weighted by molar-refractivity contribution is 0.263. The largest absolute Gasteiger partial charge is 0.208 e. The van der Waals surface area contributed by atoms with Crippen molar-refractivity contribution in [3.05, 3.63) is 77.4 Å². The monoisotopic (exact) mass is 448 g/mol. The van der Waals surface area contributed by atoms with Gasteiger partial charge in [0.1, 0.15) is 11.6 Å². The first kappa shape index (κ1) is 24.2. The average Bonchev–Trinajstić information content (AvgIpc) is 2.80. The number of hydrogen-bond acceptors (Lipinski definition) is 0. The predicted octanol–water partition coefficient (Wildman–Crippen LogP) is 9.15. The van der Waals surface area contributed by atoms with Gasteiger partial charge < -0.3 is 0 Å². The van der Waals surface area contributed by atoms with Crippen molar-refractivity contribution in [3.8, 4) is 0 Å². The summed E-state index contributed by atoms with van der Waals surface area (Å²) in [5.74, 6) is -6.29. The van der Waals surface area contributed by atoms with Gasteiger partial charge in [-0.15, -0.1) is 6.58 Å². The van der Waals surface area contributed by atoms with Crippen LogP contribution in [0.1, 0.15) is 63.0 Å². The number of allylic oxidation sites excluding steroid dienone is 4. The van der Waals surface area contributed by atoms with E-state index in [1.165, 1.54) is 12.1 Å². The number of rotatable bonds is 8. The van der Waals surface area contributed by atoms with E-state index >= 15 is 4.39 Å². The van der Waals surface area contributed by atoms with Crippen molar-refractivity contribution in [1.29, 1.82) is 0 Å². The molecular formula is C27H29F5. The zero-order chi connectivity index (χ0) is 23.3. The van der Waals surface area contributed by atoms with Crippen LogP contribution in [0.2, 0.25) is 0 Å². The minimum absolute atomic E-state index is 0.0930. The van der Waals surface area contributed by atoms with Crippen molar-refractivity contribution in [2.24, 2.45) is 11.8 Å². The summed E-state index contributed by atoms with van der Waals surface area (Å²) in [7, 11) is 0. The average molecular weight is 449 g/mol. The highest BCUT2D eigenvalue weighted by Crippen LogP contribution is 2.40. The molecule has 0 aliphatic heterocycles. The van der Waals surface area contributed by atoms with E-state index in [0.29, 0.717) is 25.2 Å². The molecule has 0 saturated heterocycles. The van der Waals surface area contributed by atoms with Crippen LogP contribution in [0.4, 0.5) is 22.0 Å². The predicted molar refractivity (Wildman–Crippen MR) is 121 cm³/mol. The van der Waals surface area contributed by atoms with Crippen molar-refractivity contribution in [2.75, 3.05) is 0 Å². The van der Waals surface area contributed by atoms with E-state index in [-0.39, 0.29) is 17.4 Å². The SMILES string of the molecule is C=CCCc1cc2ccc(C(F)=C(F)C3CCC(CC/C=C/C)CC3)c(F)c2c(F)c1F. The molecule has 1 aliphatic rings. The number of hydrogen-bond donors (Lipinski definition) is 0. The Morgan fingerprint density at radius 3 is 2.38 bits per heavy atom. The maximum absolute atomic E-state index is 15.0. The molecule has 0 bridgehead atoms. The van der Waals surface area contributed by atoms with Gasteiger partial charge in [0.2, 0.25) is 0 Å². The van der Waals surface area contributed by atoms with Crippen LogP contribution in [0.5, 0.6) is 0 Å². The number of fused-ring (bicyclic) bond motifs is 1. The van der Waals surface area contributed by atoms with Crippen LogP contribution in [0.3, 0.4) is 0 Å². The maximum atomic E-state index is 15.0. The number of benzene rings is 2. The quantitative estimate of drug-likeness (QED) is 0.279. The van der Waals surface area contributed by atoms with Crippen molar-refractivity contribution in [1.82, 2.24) is 0 Å². The molecule has 172 valence electrons. The highest BCUT2D eigenvalue weighted by molar-refractivity contribution is 5.88. The molecule has 0 heterocycles. The van der Waals surface area contributed by atoms with Crippen molar-refractivity contribution in [2.45, 2.75) is 58.3 Å². The Hall–Kier alpha value is -2.43. The standard InChI is InChI=1S/C27H29F5/c1-3-5-7-8-17-10-12-18(13-11-17)23(28)26(31)21-15-14-19-16-20(9-6-4-2)24(29)27(32)22(19)25(21)30/h3-5,14-18H,2,6-13H2,1H3/b5-3+,26-23?. The Bertz CT molecular complexity index is 1030. The van der Waals surface area contributed by atoms with Crippen molar-refractivity contribution < 1.29 is 22.0 Å². The van der Waals surface area contributed by atoms with E-state index in [9.17, 15) is 17.6 Å². The molecule has 0 atom stereocenters. The van der Waals surface area contributed by atoms with Crippen LogP contribution >= 0.6 is 0 Å². The molecule has 3 rings (SSSR count). The second-order valence-electron chi connectivity index (χ2n) is 8.54. The summed E-state index contributed by atoms with van der Waals surface area (Å²) >= 11 is 0. The van der Waals surface area contributed by atoms with Gasteiger partial charge in [0.15, 0.2) is 17.5 Å². The lowest BCUT2D eigenvalue weighted by Gasteiger charge is -2.27. The summed E-state index contributed by atoms with van der Waals surface area (Å²) in [4.78, 5) is 0. The molecule has 0 nitrogen and oxygen atoms in total. The first-order valence-electron chi connectivity index (χ1n) is 11.3. The molecule has 0 spiro atoms. The molecule has 32 heavy (non-hydrogen) atoms. The summed E-state index contributed by atoms with van der Waals surface area (Å²) in [5.41, 5.74) is -0.572. The van der Waals surface area contributed by atoms with Crippen LogP contribution in [0, 0.1) is 29.3 Å². The molecule has 1 aliphatic carbocycles. The third-order valence-corrected chi connectivity index (χ3v) is 6.44. The molecule has 0 amide bonds. The first-order valence-corrected chi connectivity index (χ1v) is 11.3. The van der Waals surface area contributed by atoms with Gasteiger partial charge in [-0.1, -0.05) is 24.3 Å². The Kier molecular flexibility index (Phi) is 8.27. The van der Waals surface area contributed by atoms with Crippen LogP contribution in [0.25, 0.3) is 16.6 Å². The van der Waals surface area contributed by atoms with Crippen molar-refractivity contribution in [3.63, 3.8) is 0 Å². The normalized spacial score (nSPS) is 20.1. The summed E-state index contributed by atoms with van der Waals surface area (Å²) in [6, 6.07) is 3.75. The Morgan fingerprint density at radius 2 is 1.72 bits per heavy atom. The molecule has 0 aromatic heterocycles. The summed E-state index contributed by atoms with van der Waals surface area (Å²) in [6.07, 6.45) is 10.9. The Balaban J connectivity index is 1.86. The lowest BCUT2D eigenvalue weighted by atomic mass is 9.79. The minimum atomic E-state index is -1.38. The van der Waals surface area contributed by atoms with Gasteiger partial charge in [0, 0.05) is 11.5 Å². The summed E-state index contributed by atoms with van der Waals surface area (Å²) in [6.45, 7) is 5.52. The molecule has 1 saturated carbocycles. The minimum Gasteiger partial charge on any atom is -0.208 e. The number of aryl methyl sites for hydroxylation is 1. The van der Waals surface area contributed by atoms with Crippen LogP contribution in [-0.2, 0) is 6.42 Å². The molecule has 0 N–H and O–H groups in total. The topological polar surface area (TPSA) is 0 Å². The second kappa shape index (κ2) is 10.9. The van der Waals surface area contributed by atoms with E-state index in [1.807, 2.05) is 13.0 Å². The lowest BCUT2D eigenvalue weighted by Crippen LogP contribution is -2.15. The molecule has 1 fully saturated rings. The molecule has 5 heteroatoms. The fourth-order valence-corrected chi connectivity index (χ4v) is 4.56. The molecule has 0 radical (unpaired) electrons. The van der Waals surface area contributed by atoms with E-state index in [1.54, 1.807) is 6.08 Å². The van der Waals surface area contributed by atoms with E-state index in [4.69, 9.17) is 0 Å². The van der Waals surface area contributed by atoms with Gasteiger partial charge in [0.25, 0.3) is 0 Å². The third kappa shape index (κ3) is 5.13. The highest BCUT2D eigenvalue weighted by Gasteiger charge is 2.28. The fourth-order valence-electron chi connectivity index (χ4n) is 4.56. The third-order valence-electron chi connectivity index (χ3n) is 6.44. The fraction of sp³-hybridized carbons (Fsp3) is 0.407. The van der Waals surface area contributed by atoms with Crippen LogP contribution in [-0.4, -0.2) is 0 Å². The molecule has 0 unspecified atom stereocenters. The summed E-state index contributed by atoms with van der Waals surface area (Å²) in [5, 5.41) is -0.544. The maximum Gasteiger partial charge on any atom is 0.169 e. The van der Waals surface area contributed by atoms with Gasteiger partial charge >= 0.3 is 0 Å². The van der Waals surface area contributed by atoms with Gasteiger partial charge in [0.05, 0.1) is 5.39 Å². The zero-order valence-electron chi connectivity index (χ0n) is 18.4. The van der Waals surface area contributed by atoms with Gasteiger partial charge in [-0.2, -0.15) is 0 Å². The Labute approximate surface area is 186 Å². The van der Waals surface area contributed by atoms with Crippen LogP contribution < -0.4 is 0 Å². The van der Waals surface area contributed by atoms with E-state index < -0.39 is 46.0 Å². The van der Waals surface area contributed by atoms with E-state index in [2.05, 4.69) is 12.7 Å². The van der Waals surface area contributed by atoms with E-state index in [0.717, 1.165) is 31.7 Å².